The van der Waals surface area contributed by atoms with E-state index in [9.17, 15) is 0 Å². The van der Waals surface area contributed by atoms with Crippen molar-refractivity contribution in [3.63, 3.8) is 0 Å². The molecular weight excluding hydrogens is 271 g/mol. The lowest BCUT2D eigenvalue weighted by Crippen LogP contribution is -3.00. The van der Waals surface area contributed by atoms with E-state index in [1.54, 1.807) is 0 Å². The Morgan fingerprint density at radius 2 is 0.786 bits per heavy atom. The first kappa shape index (κ1) is 17.2. The topological polar surface area (TPSA) is 80.9 Å². The van der Waals surface area contributed by atoms with Gasteiger partial charge in [0, 0.05) is 7.26 Å². The highest BCUT2D eigenvalue weighted by Gasteiger charge is 2.34. The molecule has 0 spiro atoms. The van der Waals surface area contributed by atoms with Crippen molar-refractivity contribution in [3.05, 3.63) is 0 Å². The van der Waals surface area contributed by atoms with Gasteiger partial charge in [-0.3, -0.25) is 0 Å². The molecule has 4 N–H and O–H groups in total. The monoisotopic (exact) mass is 290 g/mol. The van der Waals surface area contributed by atoms with E-state index in [1.807, 2.05) is 0 Å². The van der Waals surface area contributed by atoms with Crippen molar-refractivity contribution in [2.45, 2.75) is 0 Å². The second kappa shape index (κ2) is 10.3. The van der Waals surface area contributed by atoms with Gasteiger partial charge >= 0.3 is 0 Å². The van der Waals surface area contributed by atoms with Gasteiger partial charge in [0.15, 0.2) is 0 Å². The number of rotatable bonds is 8. The molecule has 0 radical (unpaired) electrons. The summed E-state index contributed by atoms with van der Waals surface area (Å²) in [6.07, 6.45) is 2.53. The SMILES string of the molecule is OCC[P+](CCO)(CCO)CCO.[Br-]. The van der Waals surface area contributed by atoms with Crippen molar-refractivity contribution in [1.29, 1.82) is 0 Å². The van der Waals surface area contributed by atoms with Crippen LogP contribution >= 0.6 is 7.26 Å². The lowest BCUT2D eigenvalue weighted by atomic mass is 10.8. The lowest BCUT2D eigenvalue weighted by Gasteiger charge is -2.24. The van der Waals surface area contributed by atoms with Gasteiger partial charge < -0.3 is 37.4 Å². The van der Waals surface area contributed by atoms with E-state index >= 15 is 0 Å². The van der Waals surface area contributed by atoms with Crippen LogP contribution in [0.1, 0.15) is 0 Å². The smallest absolute Gasteiger partial charge is 0.0827 e. The van der Waals surface area contributed by atoms with Crippen molar-refractivity contribution < 1.29 is 37.4 Å². The van der Waals surface area contributed by atoms with Crippen LogP contribution in [0, 0.1) is 0 Å². The van der Waals surface area contributed by atoms with Crippen LogP contribution in [0.2, 0.25) is 0 Å². The van der Waals surface area contributed by atoms with E-state index in [1.165, 1.54) is 0 Å². The molecule has 0 aromatic rings. The molecule has 0 unspecified atom stereocenters. The Kier molecular flexibility index (Phi) is 12.6. The summed E-state index contributed by atoms with van der Waals surface area (Å²) in [6.45, 7) is 0.309. The highest BCUT2D eigenvalue weighted by molar-refractivity contribution is 7.76. The Bertz CT molecular complexity index is 96.4. The average molecular weight is 291 g/mol. The van der Waals surface area contributed by atoms with Gasteiger partial charge in [-0.15, -0.1) is 0 Å². The fourth-order valence-electron chi connectivity index (χ4n) is 1.52. The Hall–Kier alpha value is 0.750. The molecule has 4 nitrogen and oxygen atoms in total. The van der Waals surface area contributed by atoms with Gasteiger partial charge in [0.2, 0.25) is 0 Å². The van der Waals surface area contributed by atoms with E-state index in [2.05, 4.69) is 0 Å². The standard InChI is InChI=1S/C8H20O4P.BrH/c9-1-5-13(6-2-10,7-3-11)8-4-12;/h9-12H,1-8H2;1H/q+1;/p-1. The third-order valence-electron chi connectivity index (χ3n) is 2.30. The van der Waals surface area contributed by atoms with E-state index in [0.717, 1.165) is 0 Å². The molecule has 0 atom stereocenters. The summed E-state index contributed by atoms with van der Waals surface area (Å²) in [6, 6.07) is 0. The number of aliphatic hydroxyl groups excluding tert-OH is 4. The van der Waals surface area contributed by atoms with E-state index < -0.39 is 7.26 Å². The van der Waals surface area contributed by atoms with Crippen LogP contribution in [-0.2, 0) is 0 Å². The van der Waals surface area contributed by atoms with Crippen LogP contribution in [0.5, 0.6) is 0 Å². The molecule has 0 aromatic heterocycles. The fourth-order valence-corrected chi connectivity index (χ4v) is 4.56. The Morgan fingerprint density at radius 1 is 0.571 bits per heavy atom. The molecule has 0 saturated heterocycles. The number of halogens is 1. The fraction of sp³-hybridized carbons (Fsp3) is 1.00. The number of aliphatic hydroxyl groups is 4. The summed E-state index contributed by atoms with van der Waals surface area (Å²) in [5, 5.41) is 35.5. The molecule has 0 rings (SSSR count). The highest BCUT2D eigenvalue weighted by atomic mass is 79.9. The molecule has 0 saturated carbocycles. The summed E-state index contributed by atoms with van der Waals surface area (Å²) in [5.41, 5.74) is 0. The van der Waals surface area contributed by atoms with Gasteiger partial charge in [-0.05, 0) is 0 Å². The molecule has 0 amide bonds. The minimum Gasteiger partial charge on any atom is -1.00 e. The van der Waals surface area contributed by atoms with Gasteiger partial charge in [-0.2, -0.15) is 0 Å². The Labute approximate surface area is 96.1 Å². The summed E-state index contributed by atoms with van der Waals surface area (Å²) in [7, 11) is -1.50. The van der Waals surface area contributed by atoms with Crippen LogP contribution in [-0.4, -0.2) is 71.5 Å². The van der Waals surface area contributed by atoms with Gasteiger partial charge in [0.05, 0.1) is 51.1 Å². The van der Waals surface area contributed by atoms with Crippen LogP contribution in [0.4, 0.5) is 0 Å². The third-order valence-corrected chi connectivity index (χ3v) is 6.89. The van der Waals surface area contributed by atoms with Crippen LogP contribution in [0.15, 0.2) is 0 Å². The summed E-state index contributed by atoms with van der Waals surface area (Å²) in [4.78, 5) is 0. The van der Waals surface area contributed by atoms with Gasteiger partial charge in [0.25, 0.3) is 0 Å². The zero-order valence-corrected chi connectivity index (χ0v) is 10.8. The third kappa shape index (κ3) is 6.27. The Balaban J connectivity index is 0. The van der Waals surface area contributed by atoms with Crippen molar-refractivity contribution in [1.82, 2.24) is 0 Å². The summed E-state index contributed by atoms with van der Waals surface area (Å²) < 4.78 is 0. The van der Waals surface area contributed by atoms with Crippen molar-refractivity contribution >= 4 is 7.26 Å². The second-order valence-electron chi connectivity index (χ2n) is 3.13. The average Bonchev–Trinajstić information content (AvgIpc) is 2.06. The lowest BCUT2D eigenvalue weighted by molar-refractivity contribution is -0.00000766. The first-order chi connectivity index (χ1) is 6.24. The van der Waals surface area contributed by atoms with Crippen molar-refractivity contribution in [2.24, 2.45) is 0 Å². The minimum atomic E-state index is -1.50. The summed E-state index contributed by atoms with van der Waals surface area (Å²) >= 11 is 0. The van der Waals surface area contributed by atoms with Gasteiger partial charge in [-0.1, -0.05) is 0 Å². The Morgan fingerprint density at radius 3 is 0.929 bits per heavy atom. The number of hydrogen-bond acceptors (Lipinski definition) is 4. The quantitative estimate of drug-likeness (QED) is 0.343. The largest absolute Gasteiger partial charge is 1.00 e. The van der Waals surface area contributed by atoms with E-state index in [4.69, 9.17) is 20.4 Å². The molecule has 0 bridgehead atoms. The summed E-state index contributed by atoms with van der Waals surface area (Å²) in [5.74, 6) is 0. The molecule has 0 aliphatic rings. The minimum absolute atomic E-state index is 0. The van der Waals surface area contributed by atoms with E-state index in [0.29, 0.717) is 24.6 Å². The number of hydrogen-bond donors (Lipinski definition) is 4. The highest BCUT2D eigenvalue weighted by Crippen LogP contribution is 2.57. The van der Waals surface area contributed by atoms with Crippen molar-refractivity contribution in [3.8, 4) is 0 Å². The second-order valence-corrected chi connectivity index (χ2v) is 7.60. The molecule has 0 aliphatic heterocycles. The molecule has 6 heteroatoms. The molecule has 14 heavy (non-hydrogen) atoms. The maximum atomic E-state index is 8.86. The molecule has 0 fully saturated rings. The van der Waals surface area contributed by atoms with E-state index in [-0.39, 0.29) is 43.4 Å². The molecule has 0 aromatic carbocycles. The zero-order chi connectivity index (χ0) is 10.2. The predicted molar refractivity (Wildman–Crippen MR) is 54.7 cm³/mol. The first-order valence-corrected chi connectivity index (χ1v) is 7.06. The van der Waals surface area contributed by atoms with Crippen LogP contribution in [0.3, 0.4) is 0 Å². The normalized spacial score (nSPS) is 11.1. The first-order valence-electron chi connectivity index (χ1n) is 4.53. The maximum Gasteiger partial charge on any atom is 0.0827 e. The van der Waals surface area contributed by atoms with Crippen LogP contribution < -0.4 is 17.0 Å². The molecule has 88 valence electrons. The van der Waals surface area contributed by atoms with Gasteiger partial charge in [0.1, 0.15) is 0 Å². The molecule has 0 heterocycles. The van der Waals surface area contributed by atoms with Gasteiger partial charge in [-0.25, -0.2) is 0 Å². The predicted octanol–water partition coefficient (Wildman–Crippen LogP) is -4.02. The van der Waals surface area contributed by atoms with Crippen molar-refractivity contribution in [2.75, 3.05) is 51.1 Å². The maximum absolute atomic E-state index is 8.86. The molecular formula is C8H20BrO4P. The molecule has 0 aliphatic carbocycles. The zero-order valence-electron chi connectivity index (χ0n) is 8.27. The van der Waals surface area contributed by atoms with Crippen LogP contribution in [0.25, 0.3) is 0 Å².